The van der Waals surface area contributed by atoms with Crippen LogP contribution < -0.4 is 0 Å². The van der Waals surface area contributed by atoms with E-state index in [-0.39, 0.29) is 31.1 Å². The third-order valence-corrected chi connectivity index (χ3v) is 7.91. The van der Waals surface area contributed by atoms with Gasteiger partial charge >= 0.3 is 17.9 Å². The van der Waals surface area contributed by atoms with Crippen LogP contribution in [0, 0.1) is 0 Å². The summed E-state index contributed by atoms with van der Waals surface area (Å²) in [5.74, 6) is -1.02. The van der Waals surface area contributed by atoms with E-state index in [9.17, 15) is 14.4 Å². The molecule has 1 unspecified atom stereocenters. The third-order valence-electron chi connectivity index (χ3n) is 7.91. The van der Waals surface area contributed by atoms with Gasteiger partial charge in [-0.25, -0.2) is 0 Å². The summed E-state index contributed by atoms with van der Waals surface area (Å²) in [5.41, 5.74) is 0. The molecular formula is C46H72O6. The van der Waals surface area contributed by atoms with E-state index in [4.69, 9.17) is 14.2 Å². The molecule has 6 heteroatoms. The number of hydrogen-bond donors (Lipinski definition) is 0. The predicted octanol–water partition coefficient (Wildman–Crippen LogP) is 12.7. The average Bonchev–Trinajstić information content (AvgIpc) is 3.14. The van der Waals surface area contributed by atoms with E-state index in [1.54, 1.807) is 0 Å². The summed E-state index contributed by atoms with van der Waals surface area (Å²) in [7, 11) is 0. The second-order valence-corrected chi connectivity index (χ2v) is 12.8. The van der Waals surface area contributed by atoms with Crippen molar-refractivity contribution in [3.8, 4) is 0 Å². The minimum atomic E-state index is -0.811. The van der Waals surface area contributed by atoms with Crippen molar-refractivity contribution in [2.75, 3.05) is 13.2 Å². The van der Waals surface area contributed by atoms with Crippen molar-refractivity contribution in [3.63, 3.8) is 0 Å². The smallest absolute Gasteiger partial charge is 0.306 e. The van der Waals surface area contributed by atoms with Gasteiger partial charge in [-0.15, -0.1) is 0 Å². The molecule has 0 saturated carbocycles. The highest BCUT2D eigenvalue weighted by Crippen LogP contribution is 2.11. The Morgan fingerprint density at radius 1 is 0.404 bits per heavy atom. The third kappa shape index (κ3) is 37.6. The molecule has 1 atom stereocenters. The molecule has 0 heterocycles. The number of carbonyl (C=O) groups excluding carboxylic acids is 3. The molecule has 52 heavy (non-hydrogen) atoms. The molecule has 0 bridgehead atoms. The highest BCUT2D eigenvalue weighted by Gasteiger charge is 2.19. The SMILES string of the molecule is CC\C=C/C=C\C=C/C=C\CCCCCC(=O)OCC(COC(=O)CCCC/C=C\C/C=C\CC)OC(=O)CCCCCCC/C=C\C/C=C\CC. The Bertz CT molecular complexity index is 1100. The number of ether oxygens (including phenoxy) is 3. The Morgan fingerprint density at radius 3 is 1.35 bits per heavy atom. The lowest BCUT2D eigenvalue weighted by Crippen LogP contribution is -2.30. The van der Waals surface area contributed by atoms with E-state index in [1.165, 1.54) is 0 Å². The Hall–Kier alpha value is -3.67. The highest BCUT2D eigenvalue weighted by molar-refractivity contribution is 5.71. The molecule has 0 N–H and O–H groups in total. The van der Waals surface area contributed by atoms with Crippen molar-refractivity contribution in [2.45, 2.75) is 162 Å². The molecule has 0 radical (unpaired) electrons. The lowest BCUT2D eigenvalue weighted by Gasteiger charge is -2.18. The number of unbranched alkanes of at least 4 members (excludes halogenated alkanes) is 10. The second-order valence-electron chi connectivity index (χ2n) is 12.8. The van der Waals surface area contributed by atoms with Crippen LogP contribution in [0.1, 0.15) is 156 Å². The summed E-state index contributed by atoms with van der Waals surface area (Å²) >= 11 is 0. The van der Waals surface area contributed by atoms with Crippen molar-refractivity contribution in [3.05, 3.63) is 97.2 Å². The van der Waals surface area contributed by atoms with Gasteiger partial charge in [0.1, 0.15) is 13.2 Å². The lowest BCUT2D eigenvalue weighted by atomic mass is 10.1. The standard InChI is InChI=1S/C46H72O6/c1-4-7-10-13-16-19-21-23-25-27-30-33-36-39-45(48)51-42-43(41-50-44(47)38-35-32-29-26-18-15-12-9-6-3)52-46(49)40-37-34-31-28-24-22-20-17-14-11-8-5-2/h7-13,16-21,23,25-26,43H,4-6,14-15,22,24,27-42H2,1-3H3/b10-7-,11-8-,12-9-,16-13-,20-17-,21-19-,25-23-,26-18-. The maximum Gasteiger partial charge on any atom is 0.306 e. The molecule has 292 valence electrons. The van der Waals surface area contributed by atoms with E-state index < -0.39 is 6.10 Å². The zero-order valence-corrected chi connectivity index (χ0v) is 33.0. The first kappa shape index (κ1) is 48.3. The van der Waals surface area contributed by atoms with Gasteiger partial charge in [0.2, 0.25) is 0 Å². The Balaban J connectivity index is 4.53. The predicted molar refractivity (Wildman–Crippen MR) is 219 cm³/mol. The van der Waals surface area contributed by atoms with Crippen LogP contribution in [0.2, 0.25) is 0 Å². The Labute approximate surface area is 317 Å². The van der Waals surface area contributed by atoms with Gasteiger partial charge in [0.15, 0.2) is 6.10 Å². The zero-order valence-electron chi connectivity index (χ0n) is 33.0. The maximum atomic E-state index is 12.6. The first-order chi connectivity index (χ1) is 25.5. The molecule has 0 aliphatic heterocycles. The van der Waals surface area contributed by atoms with Crippen LogP contribution in [0.25, 0.3) is 0 Å². The number of rotatable bonds is 34. The molecule has 0 aliphatic rings. The highest BCUT2D eigenvalue weighted by atomic mass is 16.6. The van der Waals surface area contributed by atoms with Gasteiger partial charge in [0.05, 0.1) is 0 Å². The summed E-state index contributed by atoms with van der Waals surface area (Å²) in [5, 5.41) is 0. The topological polar surface area (TPSA) is 78.9 Å². The van der Waals surface area contributed by atoms with Crippen molar-refractivity contribution < 1.29 is 28.6 Å². The van der Waals surface area contributed by atoms with Crippen LogP contribution in [0.5, 0.6) is 0 Å². The molecule has 0 spiro atoms. The van der Waals surface area contributed by atoms with Crippen LogP contribution in [0.3, 0.4) is 0 Å². The number of allylic oxidation sites excluding steroid dienone is 16. The van der Waals surface area contributed by atoms with E-state index in [0.717, 1.165) is 116 Å². The van der Waals surface area contributed by atoms with Gasteiger partial charge in [-0.1, -0.05) is 144 Å². The van der Waals surface area contributed by atoms with Crippen LogP contribution >= 0.6 is 0 Å². The number of carbonyl (C=O) groups is 3. The lowest BCUT2D eigenvalue weighted by molar-refractivity contribution is -0.167. The Kier molecular flexibility index (Phi) is 37.3. The first-order valence-electron chi connectivity index (χ1n) is 20.3. The molecule has 0 amide bonds. The van der Waals surface area contributed by atoms with Crippen molar-refractivity contribution in [1.82, 2.24) is 0 Å². The summed E-state index contributed by atoms with van der Waals surface area (Å²) in [6, 6.07) is 0. The molecule has 6 nitrogen and oxygen atoms in total. The van der Waals surface area contributed by atoms with Gasteiger partial charge in [0, 0.05) is 19.3 Å². The largest absolute Gasteiger partial charge is 0.462 e. The average molecular weight is 721 g/mol. The first-order valence-corrected chi connectivity index (χ1v) is 20.3. The zero-order chi connectivity index (χ0) is 38.0. The fourth-order valence-electron chi connectivity index (χ4n) is 4.94. The van der Waals surface area contributed by atoms with Gasteiger partial charge in [-0.3, -0.25) is 14.4 Å². The summed E-state index contributed by atoms with van der Waals surface area (Å²) in [4.78, 5) is 37.5. The summed E-state index contributed by atoms with van der Waals surface area (Å²) < 4.78 is 16.5. The minimum Gasteiger partial charge on any atom is -0.462 e. The molecule has 0 rings (SSSR count). The van der Waals surface area contributed by atoms with Gasteiger partial charge < -0.3 is 14.2 Å². The molecule has 0 aromatic rings. The number of esters is 3. The van der Waals surface area contributed by atoms with Crippen LogP contribution in [0.4, 0.5) is 0 Å². The fourth-order valence-corrected chi connectivity index (χ4v) is 4.94. The van der Waals surface area contributed by atoms with Gasteiger partial charge in [-0.05, 0) is 89.9 Å². The fraction of sp³-hybridized carbons (Fsp3) is 0.587. The van der Waals surface area contributed by atoms with E-state index in [0.29, 0.717) is 19.3 Å². The van der Waals surface area contributed by atoms with E-state index in [1.807, 2.05) is 36.5 Å². The molecule has 0 aromatic carbocycles. The molecule has 0 aliphatic carbocycles. The number of hydrogen-bond acceptors (Lipinski definition) is 6. The van der Waals surface area contributed by atoms with E-state index in [2.05, 4.69) is 81.5 Å². The molecule has 0 fully saturated rings. The van der Waals surface area contributed by atoms with Crippen molar-refractivity contribution in [2.24, 2.45) is 0 Å². The second kappa shape index (κ2) is 40.1. The monoisotopic (exact) mass is 721 g/mol. The normalized spacial score (nSPS) is 13.1. The van der Waals surface area contributed by atoms with E-state index >= 15 is 0 Å². The van der Waals surface area contributed by atoms with Gasteiger partial charge in [-0.2, -0.15) is 0 Å². The summed E-state index contributed by atoms with van der Waals surface area (Å²) in [6.45, 7) is 6.13. The minimum absolute atomic E-state index is 0.116. The molecular weight excluding hydrogens is 648 g/mol. The van der Waals surface area contributed by atoms with Crippen LogP contribution in [0.15, 0.2) is 97.2 Å². The summed E-state index contributed by atoms with van der Waals surface area (Å²) in [6.07, 6.45) is 51.2. The van der Waals surface area contributed by atoms with Crippen LogP contribution in [-0.4, -0.2) is 37.2 Å². The Morgan fingerprint density at radius 2 is 0.788 bits per heavy atom. The van der Waals surface area contributed by atoms with Crippen molar-refractivity contribution in [1.29, 1.82) is 0 Å². The van der Waals surface area contributed by atoms with Crippen LogP contribution in [-0.2, 0) is 28.6 Å². The van der Waals surface area contributed by atoms with Crippen molar-refractivity contribution >= 4 is 17.9 Å². The quantitative estimate of drug-likeness (QED) is 0.0216. The van der Waals surface area contributed by atoms with Gasteiger partial charge in [0.25, 0.3) is 0 Å². The molecule has 0 saturated heterocycles. The maximum absolute atomic E-state index is 12.6. The molecule has 0 aromatic heterocycles.